The van der Waals surface area contributed by atoms with Gasteiger partial charge in [0.05, 0.1) is 5.56 Å². The average Bonchev–Trinajstić information content (AvgIpc) is 2.53. The second kappa shape index (κ2) is 7.61. The molecule has 0 heterocycles. The number of carbonyl (C=O) groups excluding carboxylic acids is 3. The Morgan fingerprint density at radius 3 is 2.58 bits per heavy atom. The van der Waals surface area contributed by atoms with Crippen LogP contribution in [-0.4, -0.2) is 24.3 Å². The molecule has 0 atom stereocenters. The van der Waals surface area contributed by atoms with E-state index in [1.165, 1.54) is 25.1 Å². The molecular formula is C17H15ClN2O4. The molecule has 0 aliphatic carbocycles. The first-order chi connectivity index (χ1) is 11.4. The molecule has 0 saturated heterocycles. The highest BCUT2D eigenvalue weighted by Crippen LogP contribution is 2.18. The van der Waals surface area contributed by atoms with Gasteiger partial charge in [0.15, 0.2) is 12.4 Å². The minimum absolute atomic E-state index is 0.115. The summed E-state index contributed by atoms with van der Waals surface area (Å²) in [5.41, 5.74) is 6.89. The van der Waals surface area contributed by atoms with E-state index < -0.39 is 18.5 Å². The number of nitrogens with one attached hydrogen (secondary N) is 1. The zero-order chi connectivity index (χ0) is 17.7. The molecule has 0 spiro atoms. The predicted molar refractivity (Wildman–Crippen MR) is 91.2 cm³/mol. The third kappa shape index (κ3) is 4.57. The highest BCUT2D eigenvalue weighted by molar-refractivity contribution is 6.31. The molecule has 0 bridgehead atoms. The number of amides is 1. The zero-order valence-electron chi connectivity index (χ0n) is 12.8. The van der Waals surface area contributed by atoms with Crippen LogP contribution in [0.4, 0.5) is 11.4 Å². The number of nitrogen functional groups attached to an aromatic ring is 1. The zero-order valence-corrected chi connectivity index (χ0v) is 13.6. The summed E-state index contributed by atoms with van der Waals surface area (Å²) in [5, 5.41) is 2.94. The van der Waals surface area contributed by atoms with Gasteiger partial charge in [-0.15, -0.1) is 0 Å². The maximum atomic E-state index is 11.9. The summed E-state index contributed by atoms with van der Waals surface area (Å²) in [5.74, 6) is -1.37. The van der Waals surface area contributed by atoms with Gasteiger partial charge in [-0.05, 0) is 37.3 Å². The lowest BCUT2D eigenvalue weighted by Crippen LogP contribution is -2.21. The molecule has 6 nitrogen and oxygen atoms in total. The summed E-state index contributed by atoms with van der Waals surface area (Å²) >= 11 is 5.75. The van der Waals surface area contributed by atoms with Gasteiger partial charge in [0.2, 0.25) is 0 Å². The Bertz CT molecular complexity index is 805. The van der Waals surface area contributed by atoms with Crippen LogP contribution in [0.2, 0.25) is 5.02 Å². The van der Waals surface area contributed by atoms with Crippen molar-refractivity contribution >= 4 is 40.6 Å². The Hall–Kier alpha value is -2.86. The van der Waals surface area contributed by atoms with Crippen LogP contribution in [0.15, 0.2) is 42.5 Å². The fourth-order valence-corrected chi connectivity index (χ4v) is 2.12. The van der Waals surface area contributed by atoms with Crippen molar-refractivity contribution in [3.8, 4) is 0 Å². The first kappa shape index (κ1) is 17.5. The van der Waals surface area contributed by atoms with Crippen LogP contribution >= 0.6 is 11.6 Å². The van der Waals surface area contributed by atoms with E-state index in [9.17, 15) is 14.4 Å². The molecule has 1 amide bonds. The second-order valence-electron chi connectivity index (χ2n) is 4.99. The molecule has 2 rings (SSSR count). The molecule has 2 aromatic rings. The van der Waals surface area contributed by atoms with Gasteiger partial charge in [-0.2, -0.15) is 0 Å². The standard InChI is InChI=1S/C17H15ClN2O4/c1-10(21)11-3-2-4-13(7-11)20-16(22)9-24-17(23)14-6-5-12(18)8-15(14)19/h2-8H,9,19H2,1H3,(H,20,22). The number of benzene rings is 2. The fraction of sp³-hybridized carbons (Fsp3) is 0.118. The van der Waals surface area contributed by atoms with E-state index in [1.54, 1.807) is 24.3 Å². The van der Waals surface area contributed by atoms with Crippen LogP contribution in [0.3, 0.4) is 0 Å². The molecule has 24 heavy (non-hydrogen) atoms. The number of ether oxygens (including phenoxy) is 1. The van der Waals surface area contributed by atoms with Crippen LogP contribution in [-0.2, 0) is 9.53 Å². The van der Waals surface area contributed by atoms with Gasteiger partial charge in [-0.1, -0.05) is 23.7 Å². The monoisotopic (exact) mass is 346 g/mol. The number of halogens is 1. The van der Waals surface area contributed by atoms with E-state index in [4.69, 9.17) is 22.1 Å². The molecule has 0 radical (unpaired) electrons. The number of hydrogen-bond acceptors (Lipinski definition) is 5. The van der Waals surface area contributed by atoms with E-state index >= 15 is 0 Å². The predicted octanol–water partition coefficient (Wildman–Crippen LogP) is 2.92. The van der Waals surface area contributed by atoms with Gasteiger partial charge in [0.25, 0.3) is 5.91 Å². The maximum Gasteiger partial charge on any atom is 0.340 e. The van der Waals surface area contributed by atoms with Crippen molar-refractivity contribution in [2.75, 3.05) is 17.7 Å². The first-order valence-electron chi connectivity index (χ1n) is 7.00. The van der Waals surface area contributed by atoms with Crippen molar-refractivity contribution in [2.45, 2.75) is 6.92 Å². The summed E-state index contributed by atoms with van der Waals surface area (Å²) in [6.07, 6.45) is 0. The molecule has 0 aliphatic heterocycles. The number of rotatable bonds is 5. The Morgan fingerprint density at radius 2 is 1.92 bits per heavy atom. The Kier molecular flexibility index (Phi) is 5.55. The van der Waals surface area contributed by atoms with Crippen LogP contribution in [0.1, 0.15) is 27.6 Å². The Morgan fingerprint density at radius 1 is 1.17 bits per heavy atom. The lowest BCUT2D eigenvalue weighted by atomic mass is 10.1. The number of anilines is 2. The second-order valence-corrected chi connectivity index (χ2v) is 5.43. The average molecular weight is 347 g/mol. The van der Waals surface area contributed by atoms with E-state index in [0.717, 1.165) is 0 Å². The third-order valence-corrected chi connectivity index (χ3v) is 3.36. The fourth-order valence-electron chi connectivity index (χ4n) is 1.94. The van der Waals surface area contributed by atoms with Crippen molar-refractivity contribution in [3.05, 3.63) is 58.6 Å². The van der Waals surface area contributed by atoms with Crippen LogP contribution < -0.4 is 11.1 Å². The minimum atomic E-state index is -0.725. The van der Waals surface area contributed by atoms with Gasteiger partial charge in [0, 0.05) is 22.0 Å². The Labute approximate surface area is 143 Å². The number of carbonyl (C=O) groups is 3. The largest absolute Gasteiger partial charge is 0.452 e. The summed E-state index contributed by atoms with van der Waals surface area (Å²) in [7, 11) is 0. The summed E-state index contributed by atoms with van der Waals surface area (Å²) in [4.78, 5) is 35.1. The highest BCUT2D eigenvalue weighted by atomic mass is 35.5. The SMILES string of the molecule is CC(=O)c1cccc(NC(=O)COC(=O)c2ccc(Cl)cc2N)c1. The molecule has 0 aliphatic rings. The van der Waals surface area contributed by atoms with E-state index in [1.807, 2.05) is 0 Å². The van der Waals surface area contributed by atoms with Crippen molar-refractivity contribution in [3.63, 3.8) is 0 Å². The van der Waals surface area contributed by atoms with Crippen LogP contribution in [0.5, 0.6) is 0 Å². The van der Waals surface area contributed by atoms with Crippen molar-refractivity contribution in [2.24, 2.45) is 0 Å². The number of ketones is 1. The van der Waals surface area contributed by atoms with E-state index in [0.29, 0.717) is 16.3 Å². The normalized spacial score (nSPS) is 10.1. The number of nitrogens with two attached hydrogens (primary N) is 1. The molecule has 0 aromatic heterocycles. The number of Topliss-reactive ketones (excluding diaryl/α,β-unsaturated/α-hetero) is 1. The molecule has 3 N–H and O–H groups in total. The lowest BCUT2D eigenvalue weighted by Gasteiger charge is -2.08. The molecular weight excluding hydrogens is 332 g/mol. The van der Waals surface area contributed by atoms with E-state index in [-0.39, 0.29) is 17.0 Å². The van der Waals surface area contributed by atoms with E-state index in [2.05, 4.69) is 5.32 Å². The summed E-state index contributed by atoms with van der Waals surface area (Å²) < 4.78 is 4.92. The molecule has 124 valence electrons. The van der Waals surface area contributed by atoms with Crippen molar-refractivity contribution in [1.82, 2.24) is 0 Å². The van der Waals surface area contributed by atoms with Crippen molar-refractivity contribution in [1.29, 1.82) is 0 Å². The molecule has 0 unspecified atom stereocenters. The molecule has 0 fully saturated rings. The van der Waals surface area contributed by atoms with Crippen LogP contribution in [0, 0.1) is 0 Å². The number of esters is 1. The quantitative estimate of drug-likeness (QED) is 0.492. The minimum Gasteiger partial charge on any atom is -0.452 e. The molecule has 0 saturated carbocycles. The Balaban J connectivity index is 1.94. The van der Waals surface area contributed by atoms with Gasteiger partial charge in [-0.3, -0.25) is 9.59 Å². The smallest absolute Gasteiger partial charge is 0.340 e. The highest BCUT2D eigenvalue weighted by Gasteiger charge is 2.14. The molecule has 2 aromatic carbocycles. The topological polar surface area (TPSA) is 98.5 Å². The first-order valence-corrected chi connectivity index (χ1v) is 7.37. The number of hydrogen-bond donors (Lipinski definition) is 2. The maximum absolute atomic E-state index is 11.9. The third-order valence-electron chi connectivity index (χ3n) is 3.12. The van der Waals surface area contributed by atoms with Crippen LogP contribution in [0.25, 0.3) is 0 Å². The molecule has 7 heteroatoms. The van der Waals surface area contributed by atoms with Gasteiger partial charge >= 0.3 is 5.97 Å². The van der Waals surface area contributed by atoms with Gasteiger partial charge < -0.3 is 15.8 Å². The summed E-state index contributed by atoms with van der Waals surface area (Å²) in [6.45, 7) is 0.949. The lowest BCUT2D eigenvalue weighted by molar-refractivity contribution is -0.119. The van der Waals surface area contributed by atoms with Crippen molar-refractivity contribution < 1.29 is 19.1 Å². The van der Waals surface area contributed by atoms with Gasteiger partial charge in [0.1, 0.15) is 0 Å². The summed E-state index contributed by atoms with van der Waals surface area (Å²) in [6, 6.07) is 10.8. The van der Waals surface area contributed by atoms with Gasteiger partial charge in [-0.25, -0.2) is 4.79 Å².